The molecule has 32 heavy (non-hydrogen) atoms. The van der Waals surface area contributed by atoms with Gasteiger partial charge in [0.25, 0.3) is 5.72 Å². The van der Waals surface area contributed by atoms with Crippen molar-refractivity contribution in [3.8, 4) is 23.3 Å². The number of carboxylic acids is 1. The fourth-order valence-electron chi connectivity index (χ4n) is 3.15. The van der Waals surface area contributed by atoms with Gasteiger partial charge < -0.3 is 14.6 Å². The predicted molar refractivity (Wildman–Crippen MR) is 116 cm³/mol. The fraction of sp³-hybridized carbons (Fsp3) is 0.182. The molecule has 2 heterocycles. The lowest BCUT2D eigenvalue weighted by Crippen LogP contribution is -2.45. The number of nitriles is 1. The van der Waals surface area contributed by atoms with Gasteiger partial charge in [0, 0.05) is 12.5 Å². The third-order valence-corrected chi connectivity index (χ3v) is 5.26. The lowest BCUT2D eigenvalue weighted by molar-refractivity contribution is -0.155. The molecule has 1 aromatic heterocycles. The number of carboxylic acid groups (broad SMARTS) is 1. The number of hydrogen-bond acceptors (Lipinski definition) is 7. The largest absolute Gasteiger partial charge is 0.477 e. The molecule has 2 aromatic carbocycles. The normalized spacial score (nSPS) is 17.2. The third-order valence-electron chi connectivity index (χ3n) is 4.94. The molecule has 0 fully saturated rings. The highest BCUT2D eigenvalue weighted by Crippen LogP contribution is 2.31. The Kier molecular flexibility index (Phi) is 5.24. The van der Waals surface area contributed by atoms with Gasteiger partial charge in [0.2, 0.25) is 5.90 Å². The van der Waals surface area contributed by atoms with Crippen LogP contribution in [-0.4, -0.2) is 32.5 Å². The Hall–Kier alpha value is -4.03. The van der Waals surface area contributed by atoms with E-state index in [9.17, 15) is 9.90 Å². The number of halogens is 1. The Morgan fingerprint density at radius 2 is 2.00 bits per heavy atom. The minimum Gasteiger partial charge on any atom is -0.477 e. The van der Waals surface area contributed by atoms with Crippen LogP contribution in [0.5, 0.6) is 11.5 Å². The van der Waals surface area contributed by atoms with E-state index >= 15 is 0 Å². The van der Waals surface area contributed by atoms with Crippen molar-refractivity contribution >= 4 is 23.5 Å². The number of nitrogens with zero attached hydrogens (tertiary/aromatic N) is 4. The Morgan fingerprint density at radius 3 is 2.59 bits per heavy atom. The van der Waals surface area contributed by atoms with Crippen LogP contribution in [0.2, 0.25) is 5.02 Å². The van der Waals surface area contributed by atoms with Crippen molar-refractivity contribution in [2.24, 2.45) is 5.10 Å². The first-order chi connectivity index (χ1) is 15.2. The van der Waals surface area contributed by atoms with Crippen LogP contribution in [0.25, 0.3) is 5.69 Å². The summed E-state index contributed by atoms with van der Waals surface area (Å²) in [7, 11) is 0. The van der Waals surface area contributed by atoms with E-state index in [1.165, 1.54) is 6.92 Å². The summed E-state index contributed by atoms with van der Waals surface area (Å²) in [4.78, 5) is 11.3. The molecule has 0 amide bonds. The lowest BCUT2D eigenvalue weighted by Gasteiger charge is -2.17. The maximum Gasteiger partial charge on any atom is 0.371 e. The molecule has 10 heteroatoms. The molecule has 0 saturated carbocycles. The standard InChI is InChI=1S/C22H18ClN5O4/c1-12-19(13(2)28(26-12)16-7-4-15(11-24)18(23)10-16)31-17-8-5-14(6-9-17)20-25-27-22(3,32-20)21(29)30/h4-10,27H,1-3H3,(H,29,30). The van der Waals surface area contributed by atoms with Gasteiger partial charge in [-0.25, -0.2) is 9.48 Å². The van der Waals surface area contributed by atoms with Crippen molar-refractivity contribution < 1.29 is 19.4 Å². The predicted octanol–water partition coefficient (Wildman–Crippen LogP) is 3.89. The second-order valence-electron chi connectivity index (χ2n) is 7.28. The van der Waals surface area contributed by atoms with E-state index in [2.05, 4.69) is 15.6 Å². The van der Waals surface area contributed by atoms with Gasteiger partial charge in [-0.05, 0) is 56.3 Å². The molecule has 0 bridgehead atoms. The van der Waals surface area contributed by atoms with E-state index in [0.717, 1.165) is 5.69 Å². The number of rotatable bonds is 5. The van der Waals surface area contributed by atoms with Gasteiger partial charge in [-0.2, -0.15) is 10.4 Å². The molecule has 0 aliphatic carbocycles. The van der Waals surface area contributed by atoms with Gasteiger partial charge >= 0.3 is 5.97 Å². The van der Waals surface area contributed by atoms with E-state index < -0.39 is 11.7 Å². The zero-order valence-electron chi connectivity index (χ0n) is 17.4. The molecule has 0 radical (unpaired) electrons. The number of nitrogens with one attached hydrogen (secondary N) is 1. The van der Waals surface area contributed by atoms with E-state index in [0.29, 0.717) is 39.0 Å². The van der Waals surface area contributed by atoms with Crippen LogP contribution in [0.3, 0.4) is 0 Å². The molecule has 2 N–H and O–H groups in total. The van der Waals surface area contributed by atoms with Crippen molar-refractivity contribution in [1.29, 1.82) is 5.26 Å². The molecule has 1 aliphatic rings. The first-order valence-electron chi connectivity index (χ1n) is 9.53. The Labute approximate surface area is 188 Å². The Morgan fingerprint density at radius 1 is 1.28 bits per heavy atom. The zero-order valence-corrected chi connectivity index (χ0v) is 18.1. The van der Waals surface area contributed by atoms with Crippen LogP contribution in [0.15, 0.2) is 47.6 Å². The minimum atomic E-state index is -1.60. The maximum absolute atomic E-state index is 11.3. The van der Waals surface area contributed by atoms with Gasteiger partial charge in [-0.15, -0.1) is 5.10 Å². The topological polar surface area (TPSA) is 122 Å². The first-order valence-corrected chi connectivity index (χ1v) is 9.91. The van der Waals surface area contributed by atoms with E-state index in [1.54, 1.807) is 47.1 Å². The zero-order chi connectivity index (χ0) is 23.0. The first kappa shape index (κ1) is 21.2. The van der Waals surface area contributed by atoms with Crippen LogP contribution in [0.1, 0.15) is 29.4 Å². The molecule has 4 rings (SSSR count). The lowest BCUT2D eigenvalue weighted by atomic mass is 10.2. The monoisotopic (exact) mass is 451 g/mol. The summed E-state index contributed by atoms with van der Waals surface area (Å²) < 4.78 is 13.2. The molecule has 1 atom stereocenters. The van der Waals surface area contributed by atoms with E-state index in [4.69, 9.17) is 26.3 Å². The van der Waals surface area contributed by atoms with Crippen LogP contribution in [0.4, 0.5) is 0 Å². The van der Waals surface area contributed by atoms with Gasteiger partial charge in [-0.1, -0.05) is 11.6 Å². The summed E-state index contributed by atoms with van der Waals surface area (Å²) in [5.41, 5.74) is 4.03. The number of hydrazone groups is 1. The summed E-state index contributed by atoms with van der Waals surface area (Å²) in [5.74, 6) is 0.166. The number of aryl methyl sites for hydroxylation is 1. The highest BCUT2D eigenvalue weighted by molar-refractivity contribution is 6.31. The summed E-state index contributed by atoms with van der Waals surface area (Å²) in [6.45, 7) is 5.08. The van der Waals surface area contributed by atoms with Crippen molar-refractivity contribution in [3.05, 3.63) is 70.0 Å². The molecule has 0 saturated heterocycles. The van der Waals surface area contributed by atoms with Crippen molar-refractivity contribution in [3.63, 3.8) is 0 Å². The molecule has 3 aromatic rings. The quantitative estimate of drug-likeness (QED) is 0.603. The van der Waals surface area contributed by atoms with Crippen molar-refractivity contribution in [1.82, 2.24) is 15.2 Å². The average Bonchev–Trinajstić information content (AvgIpc) is 3.30. The van der Waals surface area contributed by atoms with Crippen molar-refractivity contribution in [2.75, 3.05) is 0 Å². The molecule has 0 spiro atoms. The number of aromatic nitrogens is 2. The number of benzene rings is 2. The molecule has 162 valence electrons. The Balaban J connectivity index is 1.55. The van der Waals surface area contributed by atoms with Crippen LogP contribution < -0.4 is 10.2 Å². The summed E-state index contributed by atoms with van der Waals surface area (Å²) in [5, 5.41) is 27.1. The summed E-state index contributed by atoms with van der Waals surface area (Å²) in [6, 6.07) is 14.0. The van der Waals surface area contributed by atoms with Gasteiger partial charge in [0.05, 0.1) is 22.0 Å². The van der Waals surface area contributed by atoms with Crippen LogP contribution in [-0.2, 0) is 9.53 Å². The van der Waals surface area contributed by atoms with Crippen molar-refractivity contribution in [2.45, 2.75) is 26.5 Å². The minimum absolute atomic E-state index is 0.180. The summed E-state index contributed by atoms with van der Waals surface area (Å²) >= 11 is 6.16. The van der Waals surface area contributed by atoms with Crippen LogP contribution >= 0.6 is 11.6 Å². The summed E-state index contributed by atoms with van der Waals surface area (Å²) in [6.07, 6.45) is 0. The number of aliphatic carboxylic acids is 1. The van der Waals surface area contributed by atoms with Crippen LogP contribution in [0, 0.1) is 25.2 Å². The van der Waals surface area contributed by atoms with Gasteiger partial charge in [0.15, 0.2) is 5.75 Å². The second-order valence-corrected chi connectivity index (χ2v) is 7.69. The van der Waals surface area contributed by atoms with Gasteiger partial charge in [-0.3, -0.25) is 5.43 Å². The molecule has 9 nitrogen and oxygen atoms in total. The fourth-order valence-corrected chi connectivity index (χ4v) is 3.37. The van der Waals surface area contributed by atoms with E-state index in [-0.39, 0.29) is 5.90 Å². The molecule has 1 aliphatic heterocycles. The molecule has 1 unspecified atom stereocenters. The molecular weight excluding hydrogens is 434 g/mol. The second kappa shape index (κ2) is 7.90. The highest BCUT2D eigenvalue weighted by atomic mass is 35.5. The number of ether oxygens (including phenoxy) is 2. The SMILES string of the molecule is Cc1nn(-c2ccc(C#N)c(Cl)c2)c(C)c1Oc1ccc(C2=NNC(C)(C(=O)O)O2)cc1. The third kappa shape index (κ3) is 3.72. The smallest absolute Gasteiger partial charge is 0.371 e. The molecular formula is C22H18ClN5O4. The van der Waals surface area contributed by atoms with Gasteiger partial charge in [0.1, 0.15) is 17.5 Å². The van der Waals surface area contributed by atoms with E-state index in [1.807, 2.05) is 19.9 Å². The average molecular weight is 452 g/mol. The number of carbonyl (C=O) groups is 1. The Bertz CT molecular complexity index is 1290. The number of hydrogen-bond donors (Lipinski definition) is 2. The maximum atomic E-state index is 11.3. The highest BCUT2D eigenvalue weighted by Gasteiger charge is 2.41.